The van der Waals surface area contributed by atoms with E-state index in [0.29, 0.717) is 5.92 Å². The fraction of sp³-hybridized carbons (Fsp3) is 0.875. The number of hydrogen-bond donors (Lipinski definition) is 0. The molecular formula is C16H26O3. The van der Waals surface area contributed by atoms with Gasteiger partial charge in [0.05, 0.1) is 11.8 Å². The average molecular weight is 266 g/mol. The lowest BCUT2D eigenvalue weighted by Crippen LogP contribution is -2.38. The summed E-state index contributed by atoms with van der Waals surface area (Å²) in [7, 11) is 0. The van der Waals surface area contributed by atoms with E-state index in [1.54, 1.807) is 6.92 Å². The lowest BCUT2D eigenvalue weighted by molar-refractivity contribution is -0.162. The van der Waals surface area contributed by atoms with Crippen molar-refractivity contribution in [3.8, 4) is 0 Å². The fourth-order valence-electron chi connectivity index (χ4n) is 3.51. The summed E-state index contributed by atoms with van der Waals surface area (Å²) in [5.41, 5.74) is 0. The van der Waals surface area contributed by atoms with Gasteiger partial charge in [-0.1, -0.05) is 26.2 Å². The number of rotatable bonds is 3. The van der Waals surface area contributed by atoms with Crippen molar-refractivity contribution in [1.82, 2.24) is 0 Å². The van der Waals surface area contributed by atoms with E-state index < -0.39 is 0 Å². The van der Waals surface area contributed by atoms with E-state index in [-0.39, 0.29) is 29.7 Å². The molecule has 0 aliphatic heterocycles. The first-order chi connectivity index (χ1) is 9.08. The molecule has 19 heavy (non-hydrogen) atoms. The van der Waals surface area contributed by atoms with Gasteiger partial charge in [0.2, 0.25) is 0 Å². The second-order valence-corrected chi connectivity index (χ2v) is 6.45. The molecule has 2 fully saturated rings. The summed E-state index contributed by atoms with van der Waals surface area (Å²) in [6.07, 6.45) is 8.06. The van der Waals surface area contributed by atoms with Crippen LogP contribution in [0.2, 0.25) is 0 Å². The van der Waals surface area contributed by atoms with Gasteiger partial charge >= 0.3 is 5.97 Å². The Morgan fingerprint density at radius 1 is 1.00 bits per heavy atom. The highest BCUT2D eigenvalue weighted by Crippen LogP contribution is 2.33. The molecular weight excluding hydrogens is 240 g/mol. The molecule has 3 unspecified atom stereocenters. The Bertz CT molecular complexity index is 331. The molecule has 0 aromatic carbocycles. The minimum Gasteiger partial charge on any atom is -0.461 e. The number of esters is 1. The molecule has 108 valence electrons. The molecule has 0 amide bonds. The lowest BCUT2D eigenvalue weighted by Gasteiger charge is -2.34. The van der Waals surface area contributed by atoms with Crippen LogP contribution in [0.5, 0.6) is 0 Å². The number of carbonyl (C=O) groups excluding carboxylic acids is 2. The van der Waals surface area contributed by atoms with Crippen LogP contribution < -0.4 is 0 Å². The zero-order valence-electron chi connectivity index (χ0n) is 12.2. The quantitative estimate of drug-likeness (QED) is 0.734. The largest absolute Gasteiger partial charge is 0.461 e. The van der Waals surface area contributed by atoms with Crippen LogP contribution in [0.3, 0.4) is 0 Å². The van der Waals surface area contributed by atoms with Crippen LogP contribution >= 0.6 is 0 Å². The minimum atomic E-state index is -0.171. The molecule has 2 rings (SSSR count). The normalized spacial score (nSPS) is 32.8. The second kappa shape index (κ2) is 6.53. The van der Waals surface area contributed by atoms with E-state index in [1.165, 1.54) is 6.42 Å². The number of ketones is 1. The molecule has 0 aromatic rings. The maximum absolute atomic E-state index is 12.2. The first kappa shape index (κ1) is 14.5. The molecule has 0 N–H and O–H groups in total. The topological polar surface area (TPSA) is 43.4 Å². The standard InChI is InChI=1S/C16H26O3/c1-11-8-9-14(12(2)17)15(10-11)19-16(18)13-6-4-3-5-7-13/h11,13-15H,3-10H2,1-2H3. The number of ether oxygens (including phenoxy) is 1. The fourth-order valence-corrected chi connectivity index (χ4v) is 3.51. The van der Waals surface area contributed by atoms with Gasteiger partial charge in [0.25, 0.3) is 0 Å². The van der Waals surface area contributed by atoms with Crippen LogP contribution in [0.1, 0.15) is 65.2 Å². The maximum atomic E-state index is 12.2. The molecule has 3 nitrogen and oxygen atoms in total. The molecule has 0 aromatic heterocycles. The first-order valence-electron chi connectivity index (χ1n) is 7.79. The van der Waals surface area contributed by atoms with Gasteiger partial charge in [-0.15, -0.1) is 0 Å². The zero-order valence-corrected chi connectivity index (χ0v) is 12.2. The van der Waals surface area contributed by atoms with Crippen LogP contribution in [-0.2, 0) is 14.3 Å². The summed E-state index contributed by atoms with van der Waals surface area (Å²) >= 11 is 0. The highest BCUT2D eigenvalue weighted by molar-refractivity contribution is 5.80. The van der Waals surface area contributed by atoms with Crippen LogP contribution in [0, 0.1) is 17.8 Å². The molecule has 3 heteroatoms. The monoisotopic (exact) mass is 266 g/mol. The average Bonchev–Trinajstić information content (AvgIpc) is 2.39. The van der Waals surface area contributed by atoms with Crippen LogP contribution in [0.4, 0.5) is 0 Å². The predicted molar refractivity (Wildman–Crippen MR) is 73.6 cm³/mol. The number of carbonyl (C=O) groups is 2. The highest BCUT2D eigenvalue weighted by Gasteiger charge is 2.35. The molecule has 2 saturated carbocycles. The van der Waals surface area contributed by atoms with Crippen LogP contribution in [0.25, 0.3) is 0 Å². The predicted octanol–water partition coefficient (Wildman–Crippen LogP) is 3.50. The summed E-state index contributed by atoms with van der Waals surface area (Å²) in [6, 6.07) is 0. The van der Waals surface area contributed by atoms with E-state index in [9.17, 15) is 9.59 Å². The first-order valence-corrected chi connectivity index (χ1v) is 7.79. The van der Waals surface area contributed by atoms with Crippen molar-refractivity contribution < 1.29 is 14.3 Å². The Morgan fingerprint density at radius 2 is 1.68 bits per heavy atom. The van der Waals surface area contributed by atoms with Gasteiger partial charge in [-0.2, -0.15) is 0 Å². The Kier molecular flexibility index (Phi) is 5.00. The lowest BCUT2D eigenvalue weighted by atomic mass is 9.78. The van der Waals surface area contributed by atoms with Gasteiger partial charge in [0.1, 0.15) is 11.9 Å². The molecule has 0 heterocycles. The third kappa shape index (κ3) is 3.80. The van der Waals surface area contributed by atoms with Crippen molar-refractivity contribution in [3.05, 3.63) is 0 Å². The minimum absolute atomic E-state index is 0.0509. The summed E-state index contributed by atoms with van der Waals surface area (Å²) in [5, 5.41) is 0. The van der Waals surface area contributed by atoms with Crippen molar-refractivity contribution in [2.24, 2.45) is 17.8 Å². The third-order valence-corrected chi connectivity index (χ3v) is 4.78. The summed E-state index contributed by atoms with van der Waals surface area (Å²) in [5.74, 6) is 0.695. The maximum Gasteiger partial charge on any atom is 0.309 e. The summed E-state index contributed by atoms with van der Waals surface area (Å²) in [6.45, 7) is 3.81. The van der Waals surface area contributed by atoms with Gasteiger partial charge in [0.15, 0.2) is 0 Å². The molecule has 0 saturated heterocycles. The third-order valence-electron chi connectivity index (χ3n) is 4.78. The Morgan fingerprint density at radius 3 is 2.32 bits per heavy atom. The summed E-state index contributed by atoms with van der Waals surface area (Å²) in [4.78, 5) is 23.9. The molecule has 0 radical (unpaired) electrons. The van der Waals surface area contributed by atoms with Gasteiger partial charge in [-0.25, -0.2) is 0 Å². The molecule has 2 aliphatic carbocycles. The van der Waals surface area contributed by atoms with Crippen LogP contribution in [-0.4, -0.2) is 17.9 Å². The van der Waals surface area contributed by atoms with Gasteiger partial charge in [-0.3, -0.25) is 9.59 Å². The molecule has 3 atom stereocenters. The SMILES string of the molecule is CC(=O)C1CCC(C)CC1OC(=O)C1CCCCC1. The zero-order chi connectivity index (χ0) is 13.8. The van der Waals surface area contributed by atoms with Crippen molar-refractivity contribution in [1.29, 1.82) is 0 Å². The van der Waals surface area contributed by atoms with Gasteiger partial charge in [0, 0.05) is 0 Å². The van der Waals surface area contributed by atoms with E-state index >= 15 is 0 Å². The molecule has 0 spiro atoms. The number of hydrogen-bond acceptors (Lipinski definition) is 3. The number of Topliss-reactive ketones (excluding diaryl/α,β-unsaturated/α-hetero) is 1. The van der Waals surface area contributed by atoms with Crippen molar-refractivity contribution in [3.63, 3.8) is 0 Å². The smallest absolute Gasteiger partial charge is 0.309 e. The second-order valence-electron chi connectivity index (χ2n) is 6.45. The Balaban J connectivity index is 1.93. The highest BCUT2D eigenvalue weighted by atomic mass is 16.5. The molecule has 2 aliphatic rings. The van der Waals surface area contributed by atoms with E-state index in [0.717, 1.165) is 44.9 Å². The summed E-state index contributed by atoms with van der Waals surface area (Å²) < 4.78 is 5.72. The molecule has 0 bridgehead atoms. The van der Waals surface area contributed by atoms with Crippen molar-refractivity contribution >= 4 is 11.8 Å². The Hall–Kier alpha value is -0.860. The van der Waals surface area contributed by atoms with Crippen molar-refractivity contribution in [2.45, 2.75) is 71.3 Å². The van der Waals surface area contributed by atoms with Gasteiger partial charge in [-0.05, 0) is 44.9 Å². The van der Waals surface area contributed by atoms with E-state index in [4.69, 9.17) is 4.74 Å². The van der Waals surface area contributed by atoms with E-state index in [2.05, 4.69) is 6.92 Å². The van der Waals surface area contributed by atoms with Crippen molar-refractivity contribution in [2.75, 3.05) is 0 Å². The van der Waals surface area contributed by atoms with Gasteiger partial charge < -0.3 is 4.74 Å². The van der Waals surface area contributed by atoms with E-state index in [1.807, 2.05) is 0 Å². The van der Waals surface area contributed by atoms with Crippen LogP contribution in [0.15, 0.2) is 0 Å². The Labute approximate surface area is 116 Å².